The van der Waals surface area contributed by atoms with Gasteiger partial charge in [-0.2, -0.15) is 0 Å². The van der Waals surface area contributed by atoms with Crippen molar-refractivity contribution in [3.05, 3.63) is 89.2 Å². The topological polar surface area (TPSA) is 46.6 Å². The molecular formula is C21H19ClFNO3S. The minimum atomic E-state index is -4.03. The van der Waals surface area contributed by atoms with E-state index in [1.807, 2.05) is 0 Å². The van der Waals surface area contributed by atoms with E-state index >= 15 is 0 Å². The number of rotatable bonds is 6. The molecule has 0 spiro atoms. The summed E-state index contributed by atoms with van der Waals surface area (Å²) >= 11 is 5.96. The third-order valence-corrected chi connectivity index (χ3v) is 6.53. The smallest absolute Gasteiger partial charge is 0.264 e. The normalized spacial score (nSPS) is 12.4. The molecule has 0 fully saturated rings. The summed E-state index contributed by atoms with van der Waals surface area (Å²) in [5.41, 5.74) is 1.19. The second-order valence-electron chi connectivity index (χ2n) is 6.18. The lowest BCUT2D eigenvalue weighted by Gasteiger charge is -2.31. The number of hydrogen-bond acceptors (Lipinski definition) is 3. The van der Waals surface area contributed by atoms with Crippen molar-refractivity contribution in [3.8, 4) is 5.75 Å². The molecule has 0 N–H and O–H groups in total. The first kappa shape index (κ1) is 20.2. The van der Waals surface area contributed by atoms with E-state index < -0.39 is 21.9 Å². The highest BCUT2D eigenvalue weighted by Crippen LogP contribution is 2.34. The Balaban J connectivity index is 2.14. The summed E-state index contributed by atoms with van der Waals surface area (Å²) < 4.78 is 47.0. The second kappa shape index (κ2) is 8.20. The predicted molar refractivity (Wildman–Crippen MR) is 109 cm³/mol. The Morgan fingerprint density at radius 3 is 2.21 bits per heavy atom. The molecule has 0 aliphatic rings. The van der Waals surface area contributed by atoms with E-state index in [4.69, 9.17) is 16.3 Å². The van der Waals surface area contributed by atoms with Gasteiger partial charge in [0, 0.05) is 5.02 Å². The number of hydrogen-bond donors (Lipinski definition) is 0. The van der Waals surface area contributed by atoms with E-state index in [-0.39, 0.29) is 4.90 Å². The Kier molecular flexibility index (Phi) is 5.91. The molecule has 0 saturated carbocycles. The fraction of sp³-hybridized carbons (Fsp3) is 0.143. The van der Waals surface area contributed by atoms with Gasteiger partial charge in [-0.25, -0.2) is 12.8 Å². The van der Waals surface area contributed by atoms with Crippen LogP contribution in [-0.4, -0.2) is 15.5 Å². The maximum Gasteiger partial charge on any atom is 0.264 e. The number of methoxy groups -OCH3 is 1. The molecule has 146 valence electrons. The van der Waals surface area contributed by atoms with Crippen molar-refractivity contribution in [1.82, 2.24) is 0 Å². The van der Waals surface area contributed by atoms with Crippen LogP contribution in [0, 0.1) is 5.82 Å². The molecule has 0 amide bonds. The summed E-state index contributed by atoms with van der Waals surface area (Å²) in [5.74, 6) is -0.0131. The summed E-state index contributed by atoms with van der Waals surface area (Å²) in [7, 11) is -2.50. The van der Waals surface area contributed by atoms with Crippen LogP contribution in [0.25, 0.3) is 0 Å². The fourth-order valence-electron chi connectivity index (χ4n) is 2.92. The molecule has 4 nitrogen and oxygen atoms in total. The largest absolute Gasteiger partial charge is 0.497 e. The molecule has 3 aromatic carbocycles. The summed E-state index contributed by atoms with van der Waals surface area (Å²) in [6, 6.07) is 18.0. The lowest BCUT2D eigenvalue weighted by atomic mass is 10.1. The van der Waals surface area contributed by atoms with Gasteiger partial charge in [-0.1, -0.05) is 29.8 Å². The maximum absolute atomic E-state index is 13.7. The van der Waals surface area contributed by atoms with Crippen LogP contribution in [0.4, 0.5) is 10.1 Å². The van der Waals surface area contributed by atoms with Gasteiger partial charge in [-0.05, 0) is 67.1 Å². The monoisotopic (exact) mass is 419 g/mol. The van der Waals surface area contributed by atoms with Gasteiger partial charge in [-0.3, -0.25) is 4.31 Å². The third-order valence-electron chi connectivity index (χ3n) is 4.38. The van der Waals surface area contributed by atoms with Crippen molar-refractivity contribution in [2.75, 3.05) is 11.4 Å². The summed E-state index contributed by atoms with van der Waals surface area (Å²) in [4.78, 5) is -0.121. The zero-order chi connectivity index (χ0) is 20.3. The molecule has 7 heteroatoms. The van der Waals surface area contributed by atoms with Crippen LogP contribution >= 0.6 is 11.6 Å². The molecule has 0 aromatic heterocycles. The Bertz CT molecular complexity index is 1050. The first-order chi connectivity index (χ1) is 13.3. The van der Waals surface area contributed by atoms with Gasteiger partial charge in [0.25, 0.3) is 10.0 Å². The van der Waals surface area contributed by atoms with Gasteiger partial charge in [-0.15, -0.1) is 0 Å². The number of anilines is 1. The van der Waals surface area contributed by atoms with Crippen LogP contribution in [0.3, 0.4) is 0 Å². The molecule has 0 heterocycles. The quantitative estimate of drug-likeness (QED) is 0.534. The molecule has 3 rings (SSSR count). The lowest BCUT2D eigenvalue weighted by Crippen LogP contribution is -2.33. The standard InChI is InChI=1S/C21H19ClFNO3S/c1-15(16-6-8-17(22)9-7-16)24(19-10-12-20(27-2)13-11-19)28(25,26)21-5-3-4-18(23)14-21/h3-15H,1-2H3/t15-/m0/s1. The van der Waals surface area contributed by atoms with Gasteiger partial charge in [0.1, 0.15) is 11.6 Å². The van der Waals surface area contributed by atoms with Crippen molar-refractivity contribution in [2.45, 2.75) is 17.9 Å². The van der Waals surface area contributed by atoms with Crippen molar-refractivity contribution in [3.63, 3.8) is 0 Å². The molecule has 0 bridgehead atoms. The van der Waals surface area contributed by atoms with E-state index in [1.165, 1.54) is 29.6 Å². The van der Waals surface area contributed by atoms with E-state index in [0.29, 0.717) is 16.5 Å². The number of benzene rings is 3. The van der Waals surface area contributed by atoms with Crippen molar-refractivity contribution < 1.29 is 17.5 Å². The lowest BCUT2D eigenvalue weighted by molar-refractivity contribution is 0.415. The third kappa shape index (κ3) is 4.13. The van der Waals surface area contributed by atoms with Crippen LogP contribution in [0.2, 0.25) is 5.02 Å². The molecule has 0 radical (unpaired) electrons. The molecule has 3 aromatic rings. The minimum Gasteiger partial charge on any atom is -0.497 e. The first-order valence-corrected chi connectivity index (χ1v) is 10.3. The van der Waals surface area contributed by atoms with Crippen LogP contribution in [0.1, 0.15) is 18.5 Å². The molecular weight excluding hydrogens is 401 g/mol. The molecule has 0 unspecified atom stereocenters. The molecule has 28 heavy (non-hydrogen) atoms. The Morgan fingerprint density at radius 2 is 1.64 bits per heavy atom. The SMILES string of the molecule is COc1ccc(N([C@@H](C)c2ccc(Cl)cc2)S(=O)(=O)c2cccc(F)c2)cc1. The first-order valence-electron chi connectivity index (χ1n) is 8.52. The second-order valence-corrected chi connectivity index (χ2v) is 8.44. The summed E-state index contributed by atoms with van der Waals surface area (Å²) in [6.45, 7) is 1.77. The van der Waals surface area contributed by atoms with Crippen LogP contribution in [0.5, 0.6) is 5.75 Å². The highest BCUT2D eigenvalue weighted by atomic mass is 35.5. The van der Waals surface area contributed by atoms with E-state index in [9.17, 15) is 12.8 Å². The van der Waals surface area contributed by atoms with E-state index in [1.54, 1.807) is 55.5 Å². The highest BCUT2D eigenvalue weighted by molar-refractivity contribution is 7.92. The van der Waals surface area contributed by atoms with Crippen LogP contribution in [-0.2, 0) is 10.0 Å². The number of nitrogens with zero attached hydrogens (tertiary/aromatic N) is 1. The van der Waals surface area contributed by atoms with E-state index in [0.717, 1.165) is 11.6 Å². The number of halogens is 2. The number of ether oxygens (including phenoxy) is 1. The fourth-order valence-corrected chi connectivity index (χ4v) is 4.72. The Hall–Kier alpha value is -2.57. The van der Waals surface area contributed by atoms with Gasteiger partial charge < -0.3 is 4.74 Å². The molecule has 0 aliphatic heterocycles. The van der Waals surface area contributed by atoms with Gasteiger partial charge in [0.05, 0.1) is 23.7 Å². The summed E-state index contributed by atoms with van der Waals surface area (Å²) in [6.07, 6.45) is 0. The average Bonchev–Trinajstić information content (AvgIpc) is 2.69. The predicted octanol–water partition coefficient (Wildman–Crippen LogP) is 5.44. The minimum absolute atomic E-state index is 0.121. The van der Waals surface area contributed by atoms with Crippen molar-refractivity contribution in [2.24, 2.45) is 0 Å². The van der Waals surface area contributed by atoms with Gasteiger partial charge in [0.2, 0.25) is 0 Å². The maximum atomic E-state index is 13.7. The molecule has 1 atom stereocenters. The zero-order valence-electron chi connectivity index (χ0n) is 15.3. The van der Waals surface area contributed by atoms with Gasteiger partial charge in [0.15, 0.2) is 0 Å². The van der Waals surface area contributed by atoms with Gasteiger partial charge >= 0.3 is 0 Å². The van der Waals surface area contributed by atoms with Crippen LogP contribution < -0.4 is 9.04 Å². The number of sulfonamides is 1. The van der Waals surface area contributed by atoms with Crippen molar-refractivity contribution >= 4 is 27.3 Å². The Morgan fingerprint density at radius 1 is 1.00 bits per heavy atom. The van der Waals surface area contributed by atoms with Crippen LogP contribution in [0.15, 0.2) is 77.7 Å². The molecule has 0 aliphatic carbocycles. The van der Waals surface area contributed by atoms with E-state index in [2.05, 4.69) is 0 Å². The Labute approximate surface area is 169 Å². The molecule has 0 saturated heterocycles. The van der Waals surface area contributed by atoms with Crippen molar-refractivity contribution in [1.29, 1.82) is 0 Å². The highest BCUT2D eigenvalue weighted by Gasteiger charge is 2.30. The average molecular weight is 420 g/mol. The zero-order valence-corrected chi connectivity index (χ0v) is 16.9. The summed E-state index contributed by atoms with van der Waals surface area (Å²) in [5, 5.41) is 0.555.